The molecule has 0 saturated carbocycles. The van der Waals surface area contributed by atoms with Gasteiger partial charge in [-0.05, 0) is 31.9 Å². The van der Waals surface area contributed by atoms with Crippen LogP contribution >= 0.6 is 0 Å². The van der Waals surface area contributed by atoms with Crippen molar-refractivity contribution < 1.29 is 5.11 Å². The first-order valence-corrected chi connectivity index (χ1v) is 5.07. The maximum atomic E-state index is 8.66. The number of aliphatic hydroxyl groups is 1. The SMILES string of the molecule is CC(CCCO)NCc1ccccn1. The zero-order valence-corrected chi connectivity index (χ0v) is 8.61. The normalized spacial score (nSPS) is 12.7. The molecule has 3 nitrogen and oxygen atoms in total. The summed E-state index contributed by atoms with van der Waals surface area (Å²) in [6.07, 6.45) is 3.66. The van der Waals surface area contributed by atoms with Gasteiger partial charge in [0.2, 0.25) is 0 Å². The van der Waals surface area contributed by atoms with Crippen molar-refractivity contribution >= 4 is 0 Å². The summed E-state index contributed by atoms with van der Waals surface area (Å²) in [6, 6.07) is 6.34. The van der Waals surface area contributed by atoms with Gasteiger partial charge in [0, 0.05) is 25.4 Å². The van der Waals surface area contributed by atoms with Gasteiger partial charge >= 0.3 is 0 Å². The molecule has 1 unspecified atom stereocenters. The highest BCUT2D eigenvalue weighted by molar-refractivity contribution is 5.02. The van der Waals surface area contributed by atoms with Crippen LogP contribution in [0.15, 0.2) is 24.4 Å². The molecule has 1 rings (SSSR count). The molecule has 0 aromatic carbocycles. The second-order valence-electron chi connectivity index (χ2n) is 3.47. The van der Waals surface area contributed by atoms with Crippen molar-refractivity contribution in [2.75, 3.05) is 6.61 Å². The minimum absolute atomic E-state index is 0.273. The van der Waals surface area contributed by atoms with E-state index in [1.165, 1.54) is 0 Å². The highest BCUT2D eigenvalue weighted by atomic mass is 16.2. The second-order valence-corrected chi connectivity index (χ2v) is 3.47. The highest BCUT2D eigenvalue weighted by Gasteiger charge is 2.00. The average molecular weight is 194 g/mol. The molecule has 0 fully saturated rings. The predicted octanol–water partition coefficient (Wildman–Crippen LogP) is 1.33. The monoisotopic (exact) mass is 194 g/mol. The van der Waals surface area contributed by atoms with Gasteiger partial charge in [-0.3, -0.25) is 4.98 Å². The Morgan fingerprint density at radius 3 is 3.00 bits per heavy atom. The molecule has 0 bridgehead atoms. The standard InChI is InChI=1S/C11H18N2O/c1-10(5-4-8-14)13-9-11-6-2-3-7-12-11/h2-3,6-7,10,13-14H,4-5,8-9H2,1H3. The number of aliphatic hydroxyl groups excluding tert-OH is 1. The largest absolute Gasteiger partial charge is 0.396 e. The third kappa shape index (κ3) is 4.35. The fourth-order valence-corrected chi connectivity index (χ4v) is 1.28. The quantitative estimate of drug-likeness (QED) is 0.718. The fraction of sp³-hybridized carbons (Fsp3) is 0.545. The van der Waals surface area contributed by atoms with Crippen molar-refractivity contribution in [2.45, 2.75) is 32.4 Å². The molecule has 0 aliphatic carbocycles. The fourth-order valence-electron chi connectivity index (χ4n) is 1.28. The highest BCUT2D eigenvalue weighted by Crippen LogP contribution is 1.98. The van der Waals surface area contributed by atoms with Crippen LogP contribution in [0.1, 0.15) is 25.5 Å². The topological polar surface area (TPSA) is 45.1 Å². The summed E-state index contributed by atoms with van der Waals surface area (Å²) < 4.78 is 0. The lowest BCUT2D eigenvalue weighted by Gasteiger charge is -2.12. The molecular weight excluding hydrogens is 176 g/mol. The molecule has 3 heteroatoms. The number of aromatic nitrogens is 1. The van der Waals surface area contributed by atoms with Crippen LogP contribution in [-0.2, 0) is 6.54 Å². The maximum Gasteiger partial charge on any atom is 0.0541 e. The number of nitrogens with zero attached hydrogens (tertiary/aromatic N) is 1. The van der Waals surface area contributed by atoms with E-state index in [1.807, 2.05) is 18.2 Å². The summed E-state index contributed by atoms with van der Waals surface area (Å²) in [5.41, 5.74) is 1.06. The van der Waals surface area contributed by atoms with Crippen LogP contribution in [0.2, 0.25) is 0 Å². The third-order valence-electron chi connectivity index (χ3n) is 2.15. The predicted molar refractivity (Wildman–Crippen MR) is 56.9 cm³/mol. The van der Waals surface area contributed by atoms with Gasteiger partial charge in [0.25, 0.3) is 0 Å². The van der Waals surface area contributed by atoms with Crippen molar-refractivity contribution in [2.24, 2.45) is 0 Å². The van der Waals surface area contributed by atoms with Crippen LogP contribution in [0.4, 0.5) is 0 Å². The molecule has 0 saturated heterocycles. The van der Waals surface area contributed by atoms with Crippen molar-refractivity contribution in [3.8, 4) is 0 Å². The third-order valence-corrected chi connectivity index (χ3v) is 2.15. The molecule has 0 aliphatic heterocycles. The number of nitrogens with one attached hydrogen (secondary N) is 1. The summed E-state index contributed by atoms with van der Waals surface area (Å²) in [4.78, 5) is 4.22. The number of hydrogen-bond donors (Lipinski definition) is 2. The molecule has 2 N–H and O–H groups in total. The van der Waals surface area contributed by atoms with Crippen molar-refractivity contribution in [3.63, 3.8) is 0 Å². The summed E-state index contributed by atoms with van der Waals surface area (Å²) in [5.74, 6) is 0. The van der Waals surface area contributed by atoms with E-state index in [0.717, 1.165) is 25.1 Å². The minimum Gasteiger partial charge on any atom is -0.396 e. The first-order valence-electron chi connectivity index (χ1n) is 5.07. The lowest BCUT2D eigenvalue weighted by atomic mass is 10.2. The molecule has 0 amide bonds. The van der Waals surface area contributed by atoms with Gasteiger partial charge in [-0.15, -0.1) is 0 Å². The molecule has 1 aromatic heterocycles. The lowest BCUT2D eigenvalue weighted by molar-refractivity contribution is 0.276. The van der Waals surface area contributed by atoms with E-state index >= 15 is 0 Å². The van der Waals surface area contributed by atoms with Crippen molar-refractivity contribution in [1.29, 1.82) is 0 Å². The van der Waals surface area contributed by atoms with Gasteiger partial charge in [-0.25, -0.2) is 0 Å². The van der Waals surface area contributed by atoms with Crippen LogP contribution in [0, 0.1) is 0 Å². The Bertz CT molecular complexity index is 238. The van der Waals surface area contributed by atoms with Crippen LogP contribution in [0.3, 0.4) is 0 Å². The smallest absolute Gasteiger partial charge is 0.0541 e. The Balaban J connectivity index is 2.20. The Hall–Kier alpha value is -0.930. The van der Waals surface area contributed by atoms with Crippen molar-refractivity contribution in [1.82, 2.24) is 10.3 Å². The van der Waals surface area contributed by atoms with E-state index in [4.69, 9.17) is 5.11 Å². The van der Waals surface area contributed by atoms with Gasteiger partial charge < -0.3 is 10.4 Å². The molecule has 1 heterocycles. The summed E-state index contributed by atoms with van der Waals surface area (Å²) >= 11 is 0. The van der Waals surface area contributed by atoms with Gasteiger partial charge in [0.1, 0.15) is 0 Å². The number of pyridine rings is 1. The zero-order chi connectivity index (χ0) is 10.2. The maximum absolute atomic E-state index is 8.66. The van der Waals surface area contributed by atoms with Gasteiger partial charge in [0.15, 0.2) is 0 Å². The van der Waals surface area contributed by atoms with E-state index in [1.54, 1.807) is 6.20 Å². The number of hydrogen-bond acceptors (Lipinski definition) is 3. The van der Waals surface area contributed by atoms with E-state index in [9.17, 15) is 0 Å². The Morgan fingerprint density at radius 2 is 2.36 bits per heavy atom. The minimum atomic E-state index is 0.273. The first kappa shape index (κ1) is 11.1. The number of rotatable bonds is 6. The van der Waals surface area contributed by atoms with Crippen LogP contribution in [-0.4, -0.2) is 22.7 Å². The van der Waals surface area contributed by atoms with Crippen LogP contribution < -0.4 is 5.32 Å². The van der Waals surface area contributed by atoms with Gasteiger partial charge in [-0.1, -0.05) is 6.07 Å². The van der Waals surface area contributed by atoms with E-state index in [0.29, 0.717) is 6.04 Å². The van der Waals surface area contributed by atoms with Crippen molar-refractivity contribution in [3.05, 3.63) is 30.1 Å². The van der Waals surface area contributed by atoms with E-state index in [2.05, 4.69) is 17.2 Å². The van der Waals surface area contributed by atoms with Crippen LogP contribution in [0.5, 0.6) is 0 Å². The molecule has 14 heavy (non-hydrogen) atoms. The lowest BCUT2D eigenvalue weighted by Crippen LogP contribution is -2.25. The molecule has 0 spiro atoms. The Labute approximate surface area is 85.2 Å². The molecule has 1 atom stereocenters. The first-order chi connectivity index (χ1) is 6.83. The summed E-state index contributed by atoms with van der Waals surface area (Å²) in [7, 11) is 0. The molecular formula is C11H18N2O. The summed E-state index contributed by atoms with van der Waals surface area (Å²) in [6.45, 7) is 3.20. The second kappa shape index (κ2) is 6.51. The summed E-state index contributed by atoms with van der Waals surface area (Å²) in [5, 5.41) is 12.0. The van der Waals surface area contributed by atoms with E-state index in [-0.39, 0.29) is 6.61 Å². The van der Waals surface area contributed by atoms with E-state index < -0.39 is 0 Å². The van der Waals surface area contributed by atoms with Gasteiger partial charge in [-0.2, -0.15) is 0 Å². The Kier molecular flexibility index (Phi) is 5.19. The molecule has 0 radical (unpaired) electrons. The molecule has 78 valence electrons. The average Bonchev–Trinajstić information content (AvgIpc) is 2.25. The molecule has 0 aliphatic rings. The Morgan fingerprint density at radius 1 is 1.50 bits per heavy atom. The van der Waals surface area contributed by atoms with Gasteiger partial charge in [0.05, 0.1) is 5.69 Å². The van der Waals surface area contributed by atoms with Crippen LogP contribution in [0.25, 0.3) is 0 Å². The zero-order valence-electron chi connectivity index (χ0n) is 8.61. The molecule has 1 aromatic rings.